The number of hydrogen-bond acceptors (Lipinski definition) is 2. The number of benzene rings is 1. The molecule has 1 fully saturated rings. The van der Waals surface area contributed by atoms with Gasteiger partial charge in [-0.15, -0.1) is 0 Å². The Morgan fingerprint density at radius 1 is 1.37 bits per heavy atom. The summed E-state index contributed by atoms with van der Waals surface area (Å²) in [5.74, 6) is 0.777. The average molecular weight is 325 g/mol. The van der Waals surface area contributed by atoms with Crippen molar-refractivity contribution in [3.8, 4) is 0 Å². The Kier molecular flexibility index (Phi) is 4.26. The van der Waals surface area contributed by atoms with Crippen LogP contribution in [0.25, 0.3) is 0 Å². The zero-order valence-electron chi connectivity index (χ0n) is 12.4. The SMILES string of the molecule is C[C@@H](N)c1ccc(N2CCC(C(C)(C)C)C2)cc1Br. The summed E-state index contributed by atoms with van der Waals surface area (Å²) in [7, 11) is 0. The molecule has 106 valence electrons. The van der Waals surface area contributed by atoms with E-state index < -0.39 is 0 Å². The summed E-state index contributed by atoms with van der Waals surface area (Å²) in [6.07, 6.45) is 1.29. The molecule has 1 aliphatic rings. The molecular weight excluding hydrogens is 300 g/mol. The molecular formula is C16H25BrN2. The molecule has 3 heteroatoms. The third kappa shape index (κ3) is 3.32. The number of rotatable bonds is 2. The summed E-state index contributed by atoms with van der Waals surface area (Å²) in [6.45, 7) is 11.4. The van der Waals surface area contributed by atoms with Gasteiger partial charge in [-0.25, -0.2) is 0 Å². The maximum absolute atomic E-state index is 5.95. The number of nitrogens with two attached hydrogens (primary N) is 1. The lowest BCUT2D eigenvalue weighted by Crippen LogP contribution is -2.25. The Bertz CT molecular complexity index is 449. The fraction of sp³-hybridized carbons (Fsp3) is 0.625. The van der Waals surface area contributed by atoms with Crippen molar-refractivity contribution in [3.63, 3.8) is 0 Å². The van der Waals surface area contributed by atoms with Crippen molar-refractivity contribution in [1.29, 1.82) is 0 Å². The van der Waals surface area contributed by atoms with Gasteiger partial charge in [0, 0.05) is 29.3 Å². The number of anilines is 1. The van der Waals surface area contributed by atoms with E-state index in [0.717, 1.165) is 23.5 Å². The van der Waals surface area contributed by atoms with Crippen LogP contribution < -0.4 is 10.6 Å². The first kappa shape index (κ1) is 14.9. The summed E-state index contributed by atoms with van der Waals surface area (Å²) in [6, 6.07) is 6.64. The highest BCUT2D eigenvalue weighted by Gasteiger charge is 2.31. The van der Waals surface area contributed by atoms with E-state index in [9.17, 15) is 0 Å². The Labute approximate surface area is 125 Å². The van der Waals surface area contributed by atoms with E-state index in [4.69, 9.17) is 5.73 Å². The maximum atomic E-state index is 5.95. The van der Waals surface area contributed by atoms with E-state index in [-0.39, 0.29) is 6.04 Å². The Balaban J connectivity index is 2.14. The lowest BCUT2D eigenvalue weighted by molar-refractivity contribution is 0.263. The number of halogens is 1. The van der Waals surface area contributed by atoms with Gasteiger partial charge in [-0.05, 0) is 42.4 Å². The zero-order chi connectivity index (χ0) is 14.2. The summed E-state index contributed by atoms with van der Waals surface area (Å²) in [5.41, 5.74) is 8.84. The van der Waals surface area contributed by atoms with Gasteiger partial charge >= 0.3 is 0 Å². The summed E-state index contributed by atoms with van der Waals surface area (Å²) in [4.78, 5) is 2.49. The van der Waals surface area contributed by atoms with E-state index in [0.29, 0.717) is 5.41 Å². The fourth-order valence-electron chi connectivity index (χ4n) is 2.78. The number of nitrogens with zero attached hydrogens (tertiary/aromatic N) is 1. The predicted molar refractivity (Wildman–Crippen MR) is 86.5 cm³/mol. The summed E-state index contributed by atoms with van der Waals surface area (Å²) >= 11 is 3.64. The van der Waals surface area contributed by atoms with Crippen LogP contribution in [0.15, 0.2) is 22.7 Å². The highest BCUT2D eigenvalue weighted by Crippen LogP contribution is 2.36. The van der Waals surface area contributed by atoms with Gasteiger partial charge in [-0.1, -0.05) is 42.8 Å². The molecule has 0 amide bonds. The van der Waals surface area contributed by atoms with E-state index in [2.05, 4.69) is 59.8 Å². The minimum atomic E-state index is 0.0735. The van der Waals surface area contributed by atoms with Crippen LogP contribution in [-0.2, 0) is 0 Å². The molecule has 2 nitrogen and oxygen atoms in total. The molecule has 2 atom stereocenters. The Hall–Kier alpha value is -0.540. The van der Waals surface area contributed by atoms with Crippen molar-refractivity contribution in [3.05, 3.63) is 28.2 Å². The topological polar surface area (TPSA) is 29.3 Å². The quantitative estimate of drug-likeness (QED) is 0.876. The van der Waals surface area contributed by atoms with Crippen LogP contribution in [0, 0.1) is 11.3 Å². The number of hydrogen-bond donors (Lipinski definition) is 1. The third-order valence-electron chi connectivity index (χ3n) is 4.25. The first-order valence-corrected chi connectivity index (χ1v) is 7.88. The molecule has 0 aromatic heterocycles. The van der Waals surface area contributed by atoms with E-state index in [1.807, 2.05) is 6.92 Å². The first-order chi connectivity index (χ1) is 8.79. The molecule has 2 N–H and O–H groups in total. The fourth-order valence-corrected chi connectivity index (χ4v) is 3.51. The third-order valence-corrected chi connectivity index (χ3v) is 4.94. The first-order valence-electron chi connectivity index (χ1n) is 7.09. The van der Waals surface area contributed by atoms with Gasteiger partial charge < -0.3 is 10.6 Å². The standard InChI is InChI=1S/C16H25BrN2/c1-11(18)14-6-5-13(9-15(14)17)19-8-7-12(10-19)16(2,3)4/h5-6,9,11-12H,7-8,10,18H2,1-4H3/t11-,12?/m1/s1. The van der Waals surface area contributed by atoms with Crippen LogP contribution in [0.4, 0.5) is 5.69 Å². The maximum Gasteiger partial charge on any atom is 0.0377 e. The molecule has 0 spiro atoms. The second-order valence-corrected chi connectivity index (χ2v) is 7.65. The highest BCUT2D eigenvalue weighted by atomic mass is 79.9. The van der Waals surface area contributed by atoms with Gasteiger partial charge in [0.2, 0.25) is 0 Å². The average Bonchev–Trinajstić information content (AvgIpc) is 2.76. The Morgan fingerprint density at radius 2 is 2.05 bits per heavy atom. The van der Waals surface area contributed by atoms with E-state index in [1.54, 1.807) is 0 Å². The van der Waals surface area contributed by atoms with Crippen LogP contribution in [0.1, 0.15) is 45.7 Å². The lowest BCUT2D eigenvalue weighted by atomic mass is 9.80. The summed E-state index contributed by atoms with van der Waals surface area (Å²) < 4.78 is 1.12. The molecule has 1 aromatic carbocycles. The predicted octanol–water partition coefficient (Wildman–Crippen LogP) is 4.34. The van der Waals surface area contributed by atoms with Crippen molar-refractivity contribution in [2.45, 2.75) is 40.2 Å². The second kappa shape index (κ2) is 5.45. The minimum absolute atomic E-state index is 0.0735. The molecule has 0 radical (unpaired) electrons. The smallest absolute Gasteiger partial charge is 0.0377 e. The Morgan fingerprint density at radius 3 is 2.53 bits per heavy atom. The van der Waals surface area contributed by atoms with Gasteiger partial charge in [-0.3, -0.25) is 0 Å². The van der Waals surface area contributed by atoms with Crippen LogP contribution in [0.2, 0.25) is 0 Å². The van der Waals surface area contributed by atoms with Crippen molar-refractivity contribution in [1.82, 2.24) is 0 Å². The molecule has 1 saturated heterocycles. The van der Waals surface area contributed by atoms with Gasteiger partial charge in [0.15, 0.2) is 0 Å². The summed E-state index contributed by atoms with van der Waals surface area (Å²) in [5, 5.41) is 0. The van der Waals surface area contributed by atoms with Crippen molar-refractivity contribution >= 4 is 21.6 Å². The zero-order valence-corrected chi connectivity index (χ0v) is 14.0. The second-order valence-electron chi connectivity index (χ2n) is 6.79. The van der Waals surface area contributed by atoms with Gasteiger partial charge in [-0.2, -0.15) is 0 Å². The van der Waals surface area contributed by atoms with Crippen LogP contribution in [0.5, 0.6) is 0 Å². The van der Waals surface area contributed by atoms with Gasteiger partial charge in [0.1, 0.15) is 0 Å². The highest BCUT2D eigenvalue weighted by molar-refractivity contribution is 9.10. The van der Waals surface area contributed by atoms with Crippen LogP contribution in [-0.4, -0.2) is 13.1 Å². The van der Waals surface area contributed by atoms with Crippen molar-refractivity contribution in [2.75, 3.05) is 18.0 Å². The normalized spacial score (nSPS) is 21.8. The molecule has 2 rings (SSSR count). The monoisotopic (exact) mass is 324 g/mol. The largest absolute Gasteiger partial charge is 0.371 e. The van der Waals surface area contributed by atoms with Gasteiger partial charge in [0.25, 0.3) is 0 Å². The molecule has 1 heterocycles. The van der Waals surface area contributed by atoms with Crippen LogP contribution in [0.3, 0.4) is 0 Å². The lowest BCUT2D eigenvalue weighted by Gasteiger charge is -2.27. The van der Waals surface area contributed by atoms with Gasteiger partial charge in [0.05, 0.1) is 0 Å². The van der Waals surface area contributed by atoms with E-state index >= 15 is 0 Å². The minimum Gasteiger partial charge on any atom is -0.371 e. The van der Waals surface area contributed by atoms with E-state index in [1.165, 1.54) is 17.7 Å². The molecule has 1 aliphatic heterocycles. The molecule has 0 saturated carbocycles. The molecule has 0 bridgehead atoms. The van der Waals surface area contributed by atoms with Crippen molar-refractivity contribution < 1.29 is 0 Å². The van der Waals surface area contributed by atoms with Crippen molar-refractivity contribution in [2.24, 2.45) is 17.1 Å². The molecule has 0 aliphatic carbocycles. The molecule has 1 unspecified atom stereocenters. The van der Waals surface area contributed by atoms with Crippen LogP contribution >= 0.6 is 15.9 Å². The molecule has 19 heavy (non-hydrogen) atoms. The molecule has 1 aromatic rings.